The lowest BCUT2D eigenvalue weighted by Crippen LogP contribution is -1.87. The van der Waals surface area contributed by atoms with Gasteiger partial charge in [0.25, 0.3) is 5.69 Å². The van der Waals surface area contributed by atoms with Gasteiger partial charge in [-0.15, -0.1) is 0 Å². The van der Waals surface area contributed by atoms with Gasteiger partial charge in [0, 0.05) is 23.6 Å². The van der Waals surface area contributed by atoms with E-state index in [1.165, 1.54) is 25.0 Å². The smallest absolute Gasteiger partial charge is 0.269 e. The molecule has 5 nitrogen and oxygen atoms in total. The highest BCUT2D eigenvalue weighted by atomic mass is 16.6. The molecule has 0 aliphatic heterocycles. The molecule has 0 bridgehead atoms. The molecule has 1 saturated carbocycles. The molecule has 1 N–H and O–H groups in total. The van der Waals surface area contributed by atoms with E-state index in [-0.39, 0.29) is 5.69 Å². The van der Waals surface area contributed by atoms with Gasteiger partial charge in [0.15, 0.2) is 0 Å². The molecule has 1 aliphatic carbocycles. The third-order valence-corrected chi connectivity index (χ3v) is 2.95. The lowest BCUT2D eigenvalue weighted by molar-refractivity contribution is -0.384. The molecule has 0 radical (unpaired) electrons. The second kappa shape index (κ2) is 3.69. The molecule has 0 spiro atoms. The minimum atomic E-state index is -0.396. The van der Waals surface area contributed by atoms with Crippen LogP contribution in [-0.4, -0.2) is 14.9 Å². The number of nitro groups is 1. The van der Waals surface area contributed by atoms with Gasteiger partial charge in [-0.2, -0.15) is 0 Å². The van der Waals surface area contributed by atoms with Gasteiger partial charge in [-0.3, -0.25) is 10.1 Å². The maximum atomic E-state index is 10.5. The third-order valence-electron chi connectivity index (χ3n) is 2.95. The number of hydrogen-bond donors (Lipinski definition) is 1. The Kier molecular flexibility index (Phi) is 2.18. The summed E-state index contributed by atoms with van der Waals surface area (Å²) in [6, 6.07) is 6.49. The summed E-state index contributed by atoms with van der Waals surface area (Å²) in [5, 5.41) is 10.5. The van der Waals surface area contributed by atoms with Crippen LogP contribution in [0.1, 0.15) is 24.6 Å². The van der Waals surface area contributed by atoms with Gasteiger partial charge < -0.3 is 4.98 Å². The summed E-state index contributed by atoms with van der Waals surface area (Å²) in [4.78, 5) is 17.7. The Morgan fingerprint density at radius 1 is 1.29 bits per heavy atom. The fraction of sp³-hybridized carbons (Fsp3) is 0.250. The van der Waals surface area contributed by atoms with Crippen molar-refractivity contribution in [1.82, 2.24) is 9.97 Å². The van der Waals surface area contributed by atoms with Crippen molar-refractivity contribution in [2.45, 2.75) is 18.8 Å². The van der Waals surface area contributed by atoms with Gasteiger partial charge >= 0.3 is 0 Å². The Labute approximate surface area is 97.7 Å². The molecule has 0 saturated heterocycles. The topological polar surface area (TPSA) is 71.8 Å². The van der Waals surface area contributed by atoms with E-state index in [0.29, 0.717) is 5.92 Å². The van der Waals surface area contributed by atoms with E-state index < -0.39 is 4.92 Å². The minimum Gasteiger partial charge on any atom is -0.342 e. The zero-order valence-corrected chi connectivity index (χ0v) is 9.09. The van der Waals surface area contributed by atoms with Gasteiger partial charge in [0.05, 0.1) is 16.8 Å². The number of hydrogen-bond acceptors (Lipinski definition) is 3. The monoisotopic (exact) mass is 229 g/mol. The van der Waals surface area contributed by atoms with E-state index in [4.69, 9.17) is 0 Å². The van der Waals surface area contributed by atoms with Crippen molar-refractivity contribution < 1.29 is 4.92 Å². The first kappa shape index (κ1) is 10.0. The Balaban J connectivity index is 1.89. The predicted octanol–water partition coefficient (Wildman–Crippen LogP) is 2.86. The summed E-state index contributed by atoms with van der Waals surface area (Å²) < 4.78 is 0. The molecule has 1 aromatic carbocycles. The molecule has 1 heterocycles. The van der Waals surface area contributed by atoms with Crippen molar-refractivity contribution >= 4 is 5.69 Å². The quantitative estimate of drug-likeness (QED) is 0.649. The number of aromatic nitrogens is 2. The van der Waals surface area contributed by atoms with Crippen molar-refractivity contribution in [3.8, 4) is 11.3 Å². The normalized spacial score (nSPS) is 14.8. The molecule has 0 amide bonds. The zero-order chi connectivity index (χ0) is 11.8. The van der Waals surface area contributed by atoms with Crippen LogP contribution in [0.15, 0.2) is 30.5 Å². The molecule has 17 heavy (non-hydrogen) atoms. The van der Waals surface area contributed by atoms with Crippen LogP contribution in [0, 0.1) is 10.1 Å². The van der Waals surface area contributed by atoms with Gasteiger partial charge in [-0.05, 0) is 25.0 Å². The highest BCUT2D eigenvalue weighted by molar-refractivity contribution is 5.60. The second-order valence-corrected chi connectivity index (χ2v) is 4.26. The first-order chi connectivity index (χ1) is 8.24. The number of benzene rings is 1. The first-order valence-corrected chi connectivity index (χ1v) is 5.54. The Bertz CT molecular complexity index is 555. The van der Waals surface area contributed by atoms with Crippen LogP contribution in [0.4, 0.5) is 5.69 Å². The molecule has 1 aromatic heterocycles. The summed E-state index contributed by atoms with van der Waals surface area (Å²) in [6.45, 7) is 0. The van der Waals surface area contributed by atoms with Crippen LogP contribution in [0.2, 0.25) is 0 Å². The third kappa shape index (κ3) is 1.91. The number of H-pyrrole nitrogens is 1. The van der Waals surface area contributed by atoms with Gasteiger partial charge in [0.1, 0.15) is 5.82 Å². The molecule has 0 atom stereocenters. The lowest BCUT2D eigenvalue weighted by Gasteiger charge is -1.97. The molecular weight excluding hydrogens is 218 g/mol. The van der Waals surface area contributed by atoms with Crippen LogP contribution in [0.3, 0.4) is 0 Å². The summed E-state index contributed by atoms with van der Waals surface area (Å²) in [6.07, 6.45) is 4.19. The van der Waals surface area contributed by atoms with Crippen LogP contribution in [-0.2, 0) is 0 Å². The molecule has 1 fully saturated rings. The minimum absolute atomic E-state index is 0.107. The lowest BCUT2D eigenvalue weighted by atomic mass is 10.1. The van der Waals surface area contributed by atoms with E-state index >= 15 is 0 Å². The van der Waals surface area contributed by atoms with Crippen LogP contribution >= 0.6 is 0 Å². The standard InChI is InChI=1S/C12H11N3O2/c16-15(17)10-5-3-8(4-6-10)11-7-13-12(14-11)9-1-2-9/h3-7,9H,1-2H2,(H,13,14). The average Bonchev–Trinajstić information content (AvgIpc) is 3.07. The highest BCUT2D eigenvalue weighted by Crippen LogP contribution is 2.38. The molecule has 3 rings (SSSR count). The van der Waals surface area contributed by atoms with E-state index in [1.54, 1.807) is 18.3 Å². The molecule has 2 aromatic rings. The van der Waals surface area contributed by atoms with E-state index in [0.717, 1.165) is 17.1 Å². The number of nitrogens with zero attached hydrogens (tertiary/aromatic N) is 2. The Morgan fingerprint density at radius 2 is 2.00 bits per heavy atom. The average molecular weight is 229 g/mol. The summed E-state index contributed by atoms with van der Waals surface area (Å²) in [5.41, 5.74) is 1.95. The molecular formula is C12H11N3O2. The first-order valence-electron chi connectivity index (χ1n) is 5.54. The van der Waals surface area contributed by atoms with Crippen LogP contribution < -0.4 is 0 Å². The number of nitro benzene ring substituents is 1. The maximum absolute atomic E-state index is 10.5. The number of nitrogens with one attached hydrogen (secondary N) is 1. The Morgan fingerprint density at radius 3 is 2.59 bits per heavy atom. The molecule has 1 aliphatic rings. The number of aromatic amines is 1. The fourth-order valence-electron chi connectivity index (χ4n) is 1.81. The SMILES string of the molecule is O=[N+]([O-])c1ccc(-c2cnc(C3CC3)[nH]2)cc1. The van der Waals surface area contributed by atoms with E-state index in [9.17, 15) is 10.1 Å². The number of imidazole rings is 1. The predicted molar refractivity (Wildman–Crippen MR) is 62.7 cm³/mol. The number of non-ortho nitro benzene ring substituents is 1. The molecule has 86 valence electrons. The van der Waals surface area contributed by atoms with Crippen LogP contribution in [0.25, 0.3) is 11.3 Å². The van der Waals surface area contributed by atoms with Crippen molar-refractivity contribution in [3.63, 3.8) is 0 Å². The molecule has 5 heteroatoms. The summed E-state index contributed by atoms with van der Waals surface area (Å²) in [7, 11) is 0. The zero-order valence-electron chi connectivity index (χ0n) is 9.09. The number of rotatable bonds is 3. The van der Waals surface area contributed by atoms with Crippen molar-refractivity contribution in [1.29, 1.82) is 0 Å². The summed E-state index contributed by atoms with van der Waals surface area (Å²) >= 11 is 0. The van der Waals surface area contributed by atoms with Crippen molar-refractivity contribution in [2.75, 3.05) is 0 Å². The fourth-order valence-corrected chi connectivity index (χ4v) is 1.81. The van der Waals surface area contributed by atoms with Gasteiger partial charge in [-0.25, -0.2) is 4.98 Å². The van der Waals surface area contributed by atoms with E-state index in [2.05, 4.69) is 9.97 Å². The second-order valence-electron chi connectivity index (χ2n) is 4.26. The van der Waals surface area contributed by atoms with Gasteiger partial charge in [-0.1, -0.05) is 0 Å². The van der Waals surface area contributed by atoms with E-state index in [1.807, 2.05) is 0 Å². The largest absolute Gasteiger partial charge is 0.342 e. The van der Waals surface area contributed by atoms with Crippen LogP contribution in [0.5, 0.6) is 0 Å². The maximum Gasteiger partial charge on any atom is 0.269 e. The summed E-state index contributed by atoms with van der Waals surface area (Å²) in [5.74, 6) is 1.61. The van der Waals surface area contributed by atoms with Gasteiger partial charge in [0.2, 0.25) is 0 Å². The Hall–Kier alpha value is -2.17. The molecule has 0 unspecified atom stereocenters. The van der Waals surface area contributed by atoms with Crippen molar-refractivity contribution in [3.05, 3.63) is 46.4 Å². The van der Waals surface area contributed by atoms with Crippen molar-refractivity contribution in [2.24, 2.45) is 0 Å². The highest BCUT2D eigenvalue weighted by Gasteiger charge is 2.26.